The molecule has 1 atom stereocenters. The number of rotatable bonds is 1. The van der Waals surface area contributed by atoms with Crippen molar-refractivity contribution >= 4 is 17.4 Å². The van der Waals surface area contributed by atoms with E-state index in [1.807, 2.05) is 13.8 Å². The molecule has 1 aromatic carbocycles. The average molecular weight is 323 g/mol. The van der Waals surface area contributed by atoms with Crippen LogP contribution in [0.1, 0.15) is 26.7 Å². The number of halogens is 3. The minimum absolute atomic E-state index is 0.0221. The number of nitrogens with zero attached hydrogens (tertiary/aromatic N) is 1. The van der Waals surface area contributed by atoms with E-state index in [2.05, 4.69) is 0 Å². The molecule has 3 rings (SSSR count). The van der Waals surface area contributed by atoms with Gasteiger partial charge >= 0.3 is 6.18 Å². The van der Waals surface area contributed by atoms with Gasteiger partial charge in [-0.25, -0.2) is 0 Å². The summed E-state index contributed by atoms with van der Waals surface area (Å²) in [6, 6.07) is 8.18. The van der Waals surface area contributed by atoms with Gasteiger partial charge in [0.15, 0.2) is 11.7 Å². The van der Waals surface area contributed by atoms with Crippen molar-refractivity contribution < 1.29 is 22.8 Å². The van der Waals surface area contributed by atoms with Gasteiger partial charge in [0.1, 0.15) is 0 Å². The van der Waals surface area contributed by atoms with Crippen LogP contribution in [0.5, 0.6) is 0 Å². The standard InChI is InChI=1S/C17H16F3NO2/c1-16(2)8-11-13(12(22)9-16)14(17(18,19)20)15(23)21(11)10-6-4-3-5-7-10/h3-7,14H,8-9H2,1-2H3. The molecule has 0 bridgehead atoms. The molecule has 23 heavy (non-hydrogen) atoms. The summed E-state index contributed by atoms with van der Waals surface area (Å²) < 4.78 is 40.2. The number of para-hydroxylation sites is 1. The summed E-state index contributed by atoms with van der Waals surface area (Å²) in [4.78, 5) is 25.9. The molecule has 1 unspecified atom stereocenters. The third kappa shape index (κ3) is 2.56. The highest BCUT2D eigenvalue weighted by Gasteiger charge is 2.58. The maximum atomic E-state index is 13.4. The van der Waals surface area contributed by atoms with Crippen LogP contribution >= 0.6 is 0 Å². The van der Waals surface area contributed by atoms with Crippen LogP contribution in [-0.2, 0) is 9.59 Å². The van der Waals surface area contributed by atoms with E-state index >= 15 is 0 Å². The van der Waals surface area contributed by atoms with Crippen LogP contribution in [0, 0.1) is 11.3 Å². The molecule has 2 aliphatic rings. The molecular weight excluding hydrogens is 307 g/mol. The first-order chi connectivity index (χ1) is 10.6. The molecular formula is C17H16F3NO2. The molecule has 1 aliphatic heterocycles. The van der Waals surface area contributed by atoms with Gasteiger partial charge in [-0.3, -0.25) is 14.5 Å². The number of carbonyl (C=O) groups excluding carboxylic acids is 2. The molecule has 3 nitrogen and oxygen atoms in total. The lowest BCUT2D eigenvalue weighted by atomic mass is 9.74. The van der Waals surface area contributed by atoms with Crippen molar-refractivity contribution in [2.45, 2.75) is 32.9 Å². The topological polar surface area (TPSA) is 37.4 Å². The van der Waals surface area contributed by atoms with Gasteiger partial charge in [-0.2, -0.15) is 13.2 Å². The first-order valence-electron chi connectivity index (χ1n) is 7.34. The SMILES string of the molecule is CC1(C)CC(=O)C2=C(C1)N(c1ccccc1)C(=O)C2C(F)(F)F. The van der Waals surface area contributed by atoms with Crippen molar-refractivity contribution in [1.29, 1.82) is 0 Å². The van der Waals surface area contributed by atoms with Crippen molar-refractivity contribution in [3.8, 4) is 0 Å². The largest absolute Gasteiger partial charge is 0.404 e. The first kappa shape index (κ1) is 15.8. The third-order valence-corrected chi connectivity index (χ3v) is 4.26. The fourth-order valence-electron chi connectivity index (χ4n) is 3.38. The molecule has 0 aromatic heterocycles. The highest BCUT2D eigenvalue weighted by molar-refractivity contribution is 6.14. The molecule has 0 radical (unpaired) electrons. The van der Waals surface area contributed by atoms with E-state index < -0.39 is 29.2 Å². The van der Waals surface area contributed by atoms with Crippen LogP contribution in [0.3, 0.4) is 0 Å². The summed E-state index contributed by atoms with van der Waals surface area (Å²) in [5.74, 6) is -4.01. The maximum Gasteiger partial charge on any atom is 0.404 e. The summed E-state index contributed by atoms with van der Waals surface area (Å²) in [6.45, 7) is 3.65. The Morgan fingerprint density at radius 2 is 1.70 bits per heavy atom. The molecule has 0 saturated heterocycles. The van der Waals surface area contributed by atoms with Crippen LogP contribution < -0.4 is 4.90 Å². The van der Waals surface area contributed by atoms with Crippen molar-refractivity contribution in [1.82, 2.24) is 0 Å². The molecule has 1 aliphatic carbocycles. The van der Waals surface area contributed by atoms with E-state index in [1.54, 1.807) is 30.3 Å². The zero-order valence-corrected chi connectivity index (χ0v) is 12.8. The number of hydrogen-bond donors (Lipinski definition) is 0. The van der Waals surface area contributed by atoms with Crippen molar-refractivity contribution in [3.05, 3.63) is 41.6 Å². The summed E-state index contributed by atoms with van der Waals surface area (Å²) in [7, 11) is 0. The van der Waals surface area contributed by atoms with Crippen LogP contribution in [0.2, 0.25) is 0 Å². The second-order valence-electron chi connectivity index (χ2n) is 6.79. The van der Waals surface area contributed by atoms with E-state index in [0.717, 1.165) is 4.90 Å². The summed E-state index contributed by atoms with van der Waals surface area (Å²) in [5, 5.41) is 0. The number of amides is 1. The number of ketones is 1. The molecule has 0 spiro atoms. The Morgan fingerprint density at radius 3 is 2.26 bits per heavy atom. The van der Waals surface area contributed by atoms with E-state index in [4.69, 9.17) is 0 Å². The van der Waals surface area contributed by atoms with Gasteiger partial charge in [0.25, 0.3) is 0 Å². The second-order valence-corrected chi connectivity index (χ2v) is 6.79. The molecule has 0 saturated carbocycles. The smallest absolute Gasteiger partial charge is 0.294 e. The lowest BCUT2D eigenvalue weighted by Crippen LogP contribution is -2.36. The van der Waals surface area contributed by atoms with E-state index in [9.17, 15) is 22.8 Å². The van der Waals surface area contributed by atoms with Gasteiger partial charge in [0.05, 0.1) is 0 Å². The van der Waals surface area contributed by atoms with Crippen LogP contribution in [-0.4, -0.2) is 17.9 Å². The normalized spacial score (nSPS) is 24.2. The summed E-state index contributed by atoms with van der Waals surface area (Å²) in [5.41, 5.74) is -0.276. The molecule has 1 heterocycles. The number of carbonyl (C=O) groups is 2. The Morgan fingerprint density at radius 1 is 1.09 bits per heavy atom. The van der Waals surface area contributed by atoms with Crippen LogP contribution in [0.15, 0.2) is 41.6 Å². The van der Waals surface area contributed by atoms with E-state index in [1.165, 1.54) is 0 Å². The number of hydrogen-bond acceptors (Lipinski definition) is 2. The number of allylic oxidation sites excluding steroid dienone is 1. The zero-order valence-electron chi connectivity index (χ0n) is 12.8. The predicted octanol–water partition coefficient (Wildman–Crippen LogP) is 3.85. The number of anilines is 1. The highest BCUT2D eigenvalue weighted by atomic mass is 19.4. The lowest BCUT2D eigenvalue weighted by Gasteiger charge is -2.32. The minimum atomic E-state index is -4.77. The summed E-state index contributed by atoms with van der Waals surface area (Å²) >= 11 is 0. The fraction of sp³-hybridized carbons (Fsp3) is 0.412. The van der Waals surface area contributed by atoms with Gasteiger partial charge in [0.2, 0.25) is 5.91 Å². The van der Waals surface area contributed by atoms with Gasteiger partial charge in [0, 0.05) is 23.4 Å². The van der Waals surface area contributed by atoms with E-state index in [0.29, 0.717) is 5.69 Å². The van der Waals surface area contributed by atoms with Crippen LogP contribution in [0.4, 0.5) is 18.9 Å². The average Bonchev–Trinajstić information content (AvgIpc) is 2.70. The van der Waals surface area contributed by atoms with Crippen LogP contribution in [0.25, 0.3) is 0 Å². The summed E-state index contributed by atoms with van der Waals surface area (Å²) in [6.07, 6.45) is -4.48. The van der Waals surface area contributed by atoms with Gasteiger partial charge in [-0.1, -0.05) is 32.0 Å². The number of benzene rings is 1. The molecule has 0 fully saturated rings. The molecule has 122 valence electrons. The van der Waals surface area contributed by atoms with Gasteiger partial charge < -0.3 is 0 Å². The monoisotopic (exact) mass is 323 g/mol. The van der Waals surface area contributed by atoms with Gasteiger partial charge in [-0.05, 0) is 24.0 Å². The zero-order chi connectivity index (χ0) is 17.0. The van der Waals surface area contributed by atoms with Crippen molar-refractivity contribution in [2.24, 2.45) is 11.3 Å². The van der Waals surface area contributed by atoms with E-state index in [-0.39, 0.29) is 24.1 Å². The molecule has 0 N–H and O–H groups in total. The van der Waals surface area contributed by atoms with Crippen molar-refractivity contribution in [2.75, 3.05) is 4.90 Å². The first-order valence-corrected chi connectivity index (χ1v) is 7.34. The van der Waals surface area contributed by atoms with Gasteiger partial charge in [-0.15, -0.1) is 0 Å². The lowest BCUT2D eigenvalue weighted by molar-refractivity contribution is -0.172. The fourth-order valence-corrected chi connectivity index (χ4v) is 3.38. The Balaban J connectivity index is 2.19. The molecule has 1 amide bonds. The molecule has 1 aromatic rings. The Kier molecular flexibility index (Phi) is 3.39. The quantitative estimate of drug-likeness (QED) is 0.787. The predicted molar refractivity (Wildman–Crippen MR) is 78.5 cm³/mol. The Bertz CT molecular complexity index is 704. The molecule has 6 heteroatoms. The minimum Gasteiger partial charge on any atom is -0.294 e. The number of alkyl halides is 3. The number of Topliss-reactive ketones (excluding diaryl/α,β-unsaturated/α-hetero) is 1. The maximum absolute atomic E-state index is 13.4. The van der Waals surface area contributed by atoms with Crippen molar-refractivity contribution in [3.63, 3.8) is 0 Å². The Labute approximate surface area is 131 Å². The second kappa shape index (κ2) is 4.94. The third-order valence-electron chi connectivity index (χ3n) is 4.26. The Hall–Kier alpha value is -2.11. The highest BCUT2D eigenvalue weighted by Crippen LogP contribution is 2.50.